The van der Waals surface area contributed by atoms with Crippen LogP contribution in [-0.4, -0.2) is 23.9 Å². The van der Waals surface area contributed by atoms with Gasteiger partial charge in [0.1, 0.15) is 0 Å². The van der Waals surface area contributed by atoms with E-state index < -0.39 is 0 Å². The molecule has 1 heterocycles. The van der Waals surface area contributed by atoms with Crippen molar-refractivity contribution < 1.29 is 4.79 Å². The minimum Gasteiger partial charge on any atom is -0.342 e. The number of hydrogen-bond donors (Lipinski definition) is 0. The van der Waals surface area contributed by atoms with Crippen LogP contribution < -0.4 is 0 Å². The van der Waals surface area contributed by atoms with E-state index in [2.05, 4.69) is 56.0 Å². The number of hydrogen-bond acceptors (Lipinski definition) is 1. The monoisotopic (exact) mass is 313 g/mol. The van der Waals surface area contributed by atoms with Gasteiger partial charge < -0.3 is 4.90 Å². The van der Waals surface area contributed by atoms with Crippen molar-refractivity contribution in [2.75, 3.05) is 13.1 Å². The zero-order chi connectivity index (χ0) is 16.4. The van der Waals surface area contributed by atoms with Crippen molar-refractivity contribution in [2.24, 2.45) is 23.7 Å². The van der Waals surface area contributed by atoms with E-state index in [4.69, 9.17) is 0 Å². The lowest BCUT2D eigenvalue weighted by atomic mass is 9.69. The summed E-state index contributed by atoms with van der Waals surface area (Å²) in [6.07, 6.45) is 4.73. The zero-order valence-corrected chi connectivity index (χ0v) is 14.9. The smallest absolute Gasteiger partial charge is 0.225 e. The number of carbonyl (C=O) groups is 1. The summed E-state index contributed by atoms with van der Waals surface area (Å²) < 4.78 is 0. The van der Waals surface area contributed by atoms with Gasteiger partial charge in [-0.25, -0.2) is 0 Å². The zero-order valence-electron chi connectivity index (χ0n) is 14.9. The second kappa shape index (κ2) is 7.07. The van der Waals surface area contributed by atoms with E-state index >= 15 is 0 Å². The van der Waals surface area contributed by atoms with E-state index in [0.717, 1.165) is 25.9 Å². The number of amides is 1. The topological polar surface area (TPSA) is 20.3 Å². The molecule has 0 bridgehead atoms. The second-order valence-electron chi connectivity index (χ2n) is 8.11. The maximum absolute atomic E-state index is 13.2. The molecule has 0 N–H and O–H groups in total. The van der Waals surface area contributed by atoms with Gasteiger partial charge in [0.25, 0.3) is 0 Å². The van der Waals surface area contributed by atoms with Gasteiger partial charge >= 0.3 is 0 Å². The third kappa shape index (κ3) is 3.62. The Hall–Kier alpha value is -1.31. The first kappa shape index (κ1) is 16.5. The number of benzene rings is 1. The predicted octanol–water partition coefficient (Wildman–Crippen LogP) is 4.71. The van der Waals surface area contributed by atoms with E-state index in [-0.39, 0.29) is 5.92 Å². The Bertz CT molecular complexity index is 524. The maximum Gasteiger partial charge on any atom is 0.225 e. The highest BCUT2D eigenvalue weighted by atomic mass is 16.2. The number of rotatable bonds is 3. The Balaban J connectivity index is 1.68. The third-order valence-electron chi connectivity index (χ3n) is 6.11. The molecule has 0 radical (unpaired) electrons. The van der Waals surface area contributed by atoms with Crippen molar-refractivity contribution in [2.45, 2.75) is 52.4 Å². The molecule has 2 nitrogen and oxygen atoms in total. The largest absolute Gasteiger partial charge is 0.342 e. The normalized spacial score (nSPS) is 31.6. The van der Waals surface area contributed by atoms with Crippen molar-refractivity contribution >= 4 is 5.91 Å². The summed E-state index contributed by atoms with van der Waals surface area (Å²) in [6, 6.07) is 10.7. The van der Waals surface area contributed by atoms with Crippen LogP contribution in [0.4, 0.5) is 0 Å². The molecule has 23 heavy (non-hydrogen) atoms. The van der Waals surface area contributed by atoms with E-state index in [1.54, 1.807) is 0 Å². The average Bonchev–Trinajstić information content (AvgIpc) is 3.04. The van der Waals surface area contributed by atoms with Gasteiger partial charge in [-0.1, -0.05) is 57.5 Å². The van der Waals surface area contributed by atoms with Crippen LogP contribution in [0.2, 0.25) is 0 Å². The van der Waals surface area contributed by atoms with Crippen molar-refractivity contribution in [1.29, 1.82) is 0 Å². The molecule has 3 rings (SSSR count). The summed E-state index contributed by atoms with van der Waals surface area (Å²) in [5.41, 5.74) is 1.39. The van der Waals surface area contributed by atoms with Crippen LogP contribution >= 0.6 is 0 Å². The van der Waals surface area contributed by atoms with Gasteiger partial charge in [-0.05, 0) is 42.6 Å². The van der Waals surface area contributed by atoms with Crippen molar-refractivity contribution in [3.63, 3.8) is 0 Å². The summed E-state index contributed by atoms with van der Waals surface area (Å²) >= 11 is 0. The Morgan fingerprint density at radius 3 is 2.57 bits per heavy atom. The molecule has 0 spiro atoms. The first-order valence-corrected chi connectivity index (χ1v) is 9.40. The maximum atomic E-state index is 13.2. The molecular weight excluding hydrogens is 282 g/mol. The van der Waals surface area contributed by atoms with Crippen molar-refractivity contribution in [1.82, 2.24) is 4.90 Å². The van der Waals surface area contributed by atoms with E-state index in [9.17, 15) is 4.79 Å². The average molecular weight is 313 g/mol. The first-order valence-electron chi connectivity index (χ1n) is 9.40. The lowest BCUT2D eigenvalue weighted by Crippen LogP contribution is -2.41. The number of nitrogens with zero attached hydrogens (tertiary/aromatic N) is 1. The van der Waals surface area contributed by atoms with Gasteiger partial charge in [0, 0.05) is 24.9 Å². The number of likely N-dealkylation sites (tertiary alicyclic amines) is 1. The lowest BCUT2D eigenvalue weighted by Gasteiger charge is -2.38. The molecule has 1 saturated carbocycles. The van der Waals surface area contributed by atoms with Crippen LogP contribution in [0.25, 0.3) is 0 Å². The molecule has 1 unspecified atom stereocenters. The van der Waals surface area contributed by atoms with E-state index in [0.29, 0.717) is 29.6 Å². The molecule has 2 aliphatic rings. The molecule has 1 aliphatic heterocycles. The summed E-state index contributed by atoms with van der Waals surface area (Å²) in [5, 5.41) is 0. The molecular formula is C21H31NO. The highest BCUT2D eigenvalue weighted by Gasteiger charge is 2.39. The minimum absolute atomic E-state index is 0.258. The predicted molar refractivity (Wildman–Crippen MR) is 95.2 cm³/mol. The molecule has 1 aromatic carbocycles. The lowest BCUT2D eigenvalue weighted by molar-refractivity contribution is -0.139. The molecule has 1 saturated heterocycles. The first-order chi connectivity index (χ1) is 11.1. The number of carbonyl (C=O) groups excluding carboxylic acids is 1. The van der Waals surface area contributed by atoms with Gasteiger partial charge in [-0.15, -0.1) is 0 Å². The fourth-order valence-corrected chi connectivity index (χ4v) is 4.68. The Labute approximate surface area is 141 Å². The van der Waals surface area contributed by atoms with Gasteiger partial charge in [0.05, 0.1) is 0 Å². The van der Waals surface area contributed by atoms with Gasteiger partial charge in [0.2, 0.25) is 5.91 Å². The van der Waals surface area contributed by atoms with Gasteiger partial charge in [-0.3, -0.25) is 4.79 Å². The van der Waals surface area contributed by atoms with E-state index in [1.165, 1.54) is 18.4 Å². The summed E-state index contributed by atoms with van der Waals surface area (Å²) in [7, 11) is 0. The SMILES string of the molecule is CC(C)[C@@H]1CC[C@@H](C)C[C@H]1C(=O)N1CCC(c2ccccc2)C1. The van der Waals surface area contributed by atoms with Gasteiger partial charge in [-0.2, -0.15) is 0 Å². The molecule has 1 amide bonds. The Morgan fingerprint density at radius 1 is 1.13 bits per heavy atom. The molecule has 2 fully saturated rings. The van der Waals surface area contributed by atoms with Crippen LogP contribution in [0, 0.1) is 23.7 Å². The van der Waals surface area contributed by atoms with Crippen LogP contribution in [-0.2, 0) is 4.79 Å². The van der Waals surface area contributed by atoms with Crippen molar-refractivity contribution in [3.05, 3.63) is 35.9 Å². The van der Waals surface area contributed by atoms with Gasteiger partial charge in [0.15, 0.2) is 0 Å². The third-order valence-corrected chi connectivity index (χ3v) is 6.11. The summed E-state index contributed by atoms with van der Waals surface area (Å²) in [4.78, 5) is 15.3. The molecule has 4 atom stereocenters. The molecule has 2 heteroatoms. The highest BCUT2D eigenvalue weighted by molar-refractivity contribution is 5.79. The van der Waals surface area contributed by atoms with E-state index in [1.807, 2.05) is 0 Å². The standard InChI is InChI=1S/C21H31NO/c1-15(2)19-10-9-16(3)13-20(19)21(23)22-12-11-18(14-22)17-7-5-4-6-8-17/h4-8,15-16,18-20H,9-14H2,1-3H3/t16-,18?,19+,20-/m1/s1. The van der Waals surface area contributed by atoms with Crippen LogP contribution in [0.3, 0.4) is 0 Å². The fraction of sp³-hybridized carbons (Fsp3) is 0.667. The highest BCUT2D eigenvalue weighted by Crippen LogP contribution is 2.40. The molecule has 0 aromatic heterocycles. The van der Waals surface area contributed by atoms with Crippen LogP contribution in [0.15, 0.2) is 30.3 Å². The quantitative estimate of drug-likeness (QED) is 0.791. The summed E-state index contributed by atoms with van der Waals surface area (Å²) in [6.45, 7) is 8.75. The molecule has 1 aromatic rings. The summed E-state index contributed by atoms with van der Waals surface area (Å²) in [5.74, 6) is 3.12. The van der Waals surface area contributed by atoms with Crippen LogP contribution in [0.1, 0.15) is 57.9 Å². The molecule has 1 aliphatic carbocycles. The van der Waals surface area contributed by atoms with Crippen molar-refractivity contribution in [3.8, 4) is 0 Å². The second-order valence-corrected chi connectivity index (χ2v) is 8.11. The minimum atomic E-state index is 0.258. The Morgan fingerprint density at radius 2 is 1.87 bits per heavy atom. The molecule has 126 valence electrons. The fourth-order valence-electron chi connectivity index (χ4n) is 4.68. The Kier molecular flexibility index (Phi) is 5.08. The van der Waals surface area contributed by atoms with Crippen LogP contribution in [0.5, 0.6) is 0 Å².